The molecule has 0 spiro atoms. The molecule has 182 valence electrons. The SMILES string of the molecule is CC(C)c1cccc(C(C)C)c1NC(=O)NCC1Oc2ccccc2N(Cc2ccccc2)C1=O. The molecule has 2 N–H and O–H groups in total. The van der Waals surface area contributed by atoms with E-state index in [1.54, 1.807) is 4.90 Å². The van der Waals surface area contributed by atoms with Crippen LogP contribution in [0.3, 0.4) is 0 Å². The van der Waals surface area contributed by atoms with Crippen LogP contribution in [0.4, 0.5) is 16.2 Å². The molecule has 0 aliphatic carbocycles. The van der Waals surface area contributed by atoms with Crippen LogP contribution >= 0.6 is 0 Å². The number of nitrogens with one attached hydrogen (secondary N) is 2. The topological polar surface area (TPSA) is 70.7 Å². The van der Waals surface area contributed by atoms with Crippen molar-refractivity contribution < 1.29 is 14.3 Å². The van der Waals surface area contributed by atoms with Crippen LogP contribution in [-0.4, -0.2) is 24.6 Å². The summed E-state index contributed by atoms with van der Waals surface area (Å²) in [7, 11) is 0. The Bertz CT molecular complexity index is 1160. The summed E-state index contributed by atoms with van der Waals surface area (Å²) in [4.78, 5) is 28.0. The molecule has 0 saturated carbocycles. The fourth-order valence-corrected chi connectivity index (χ4v) is 4.37. The van der Waals surface area contributed by atoms with Gasteiger partial charge in [0.15, 0.2) is 6.10 Å². The van der Waals surface area contributed by atoms with E-state index in [-0.39, 0.29) is 30.3 Å². The number of amides is 3. The minimum atomic E-state index is -0.815. The van der Waals surface area contributed by atoms with E-state index < -0.39 is 6.10 Å². The zero-order chi connectivity index (χ0) is 24.9. The summed E-state index contributed by atoms with van der Waals surface area (Å²) >= 11 is 0. The number of fused-ring (bicyclic) bond motifs is 1. The van der Waals surface area contributed by atoms with Crippen LogP contribution in [-0.2, 0) is 11.3 Å². The second-order valence-electron chi connectivity index (χ2n) is 9.44. The van der Waals surface area contributed by atoms with Gasteiger partial charge in [0, 0.05) is 5.69 Å². The minimum absolute atomic E-state index is 0.0607. The number of anilines is 2. The Morgan fingerprint density at radius 3 is 2.17 bits per heavy atom. The van der Waals surface area contributed by atoms with Crippen LogP contribution < -0.4 is 20.3 Å². The van der Waals surface area contributed by atoms with Gasteiger partial charge in [0.2, 0.25) is 0 Å². The van der Waals surface area contributed by atoms with Crippen molar-refractivity contribution in [3.8, 4) is 5.75 Å². The first kappa shape index (κ1) is 24.3. The van der Waals surface area contributed by atoms with Gasteiger partial charge in [-0.25, -0.2) is 4.79 Å². The normalized spacial score (nSPS) is 15.1. The number of nitrogens with zero attached hydrogens (tertiary/aromatic N) is 1. The molecule has 0 aromatic heterocycles. The Kier molecular flexibility index (Phi) is 7.39. The summed E-state index contributed by atoms with van der Waals surface area (Å²) in [5.74, 6) is 0.964. The van der Waals surface area contributed by atoms with Crippen molar-refractivity contribution in [3.63, 3.8) is 0 Å². The number of rotatable bonds is 7. The molecule has 3 aromatic carbocycles. The zero-order valence-corrected chi connectivity index (χ0v) is 20.7. The zero-order valence-electron chi connectivity index (χ0n) is 20.7. The van der Waals surface area contributed by atoms with Crippen molar-refractivity contribution in [2.45, 2.75) is 52.2 Å². The van der Waals surface area contributed by atoms with Crippen LogP contribution in [0, 0.1) is 0 Å². The number of carbonyl (C=O) groups is 2. The van der Waals surface area contributed by atoms with Crippen LogP contribution in [0.2, 0.25) is 0 Å². The van der Waals surface area contributed by atoms with Gasteiger partial charge in [0.05, 0.1) is 18.8 Å². The molecule has 6 nitrogen and oxygen atoms in total. The first-order valence-electron chi connectivity index (χ1n) is 12.1. The fourth-order valence-electron chi connectivity index (χ4n) is 4.37. The van der Waals surface area contributed by atoms with Crippen LogP contribution in [0.5, 0.6) is 5.75 Å². The van der Waals surface area contributed by atoms with E-state index in [1.165, 1.54) is 0 Å². The highest BCUT2D eigenvalue weighted by molar-refractivity contribution is 6.00. The lowest BCUT2D eigenvalue weighted by Crippen LogP contribution is -2.51. The number of carbonyl (C=O) groups excluding carboxylic acids is 2. The van der Waals surface area contributed by atoms with E-state index in [1.807, 2.05) is 72.8 Å². The lowest BCUT2D eigenvalue weighted by molar-refractivity contribution is -0.126. The number of hydrogen-bond donors (Lipinski definition) is 2. The summed E-state index contributed by atoms with van der Waals surface area (Å²) in [6.07, 6.45) is -0.815. The second kappa shape index (κ2) is 10.6. The Hall–Kier alpha value is -3.80. The van der Waals surface area contributed by atoms with Crippen LogP contribution in [0.25, 0.3) is 0 Å². The summed E-state index contributed by atoms with van der Waals surface area (Å²) in [5, 5.41) is 5.89. The molecule has 0 saturated heterocycles. The van der Waals surface area contributed by atoms with Crippen molar-refractivity contribution in [3.05, 3.63) is 89.5 Å². The molecule has 0 radical (unpaired) electrons. The fraction of sp³-hybridized carbons (Fsp3) is 0.310. The summed E-state index contributed by atoms with van der Waals surface area (Å²) < 4.78 is 6.00. The van der Waals surface area contributed by atoms with E-state index >= 15 is 0 Å². The molecule has 0 fully saturated rings. The molecule has 1 heterocycles. The molecular weight excluding hydrogens is 438 g/mol. The third-order valence-electron chi connectivity index (χ3n) is 6.21. The maximum Gasteiger partial charge on any atom is 0.319 e. The standard InChI is InChI=1S/C29H33N3O3/c1-19(2)22-13-10-14-23(20(3)4)27(22)31-29(34)30-17-26-28(33)32(18-21-11-6-5-7-12-21)24-15-8-9-16-25(24)35-26/h5-16,19-20,26H,17-18H2,1-4H3,(H2,30,31,34). The maximum absolute atomic E-state index is 13.4. The first-order chi connectivity index (χ1) is 16.8. The number of hydrogen-bond acceptors (Lipinski definition) is 3. The summed E-state index contributed by atoms with van der Waals surface area (Å²) in [6.45, 7) is 8.92. The number of para-hydroxylation sites is 3. The van der Waals surface area contributed by atoms with Gasteiger partial charge < -0.3 is 20.3 Å². The van der Waals surface area contributed by atoms with Crippen molar-refractivity contribution >= 4 is 23.3 Å². The maximum atomic E-state index is 13.4. The predicted molar refractivity (Wildman–Crippen MR) is 140 cm³/mol. The summed E-state index contributed by atoms with van der Waals surface area (Å²) in [6, 6.07) is 23.1. The lowest BCUT2D eigenvalue weighted by Gasteiger charge is -2.34. The van der Waals surface area contributed by atoms with Crippen molar-refractivity contribution in [2.24, 2.45) is 0 Å². The van der Waals surface area contributed by atoms with Crippen LogP contribution in [0.15, 0.2) is 72.8 Å². The minimum Gasteiger partial charge on any atom is -0.477 e. The molecule has 1 unspecified atom stereocenters. The number of benzene rings is 3. The molecule has 35 heavy (non-hydrogen) atoms. The molecule has 1 aliphatic heterocycles. The second-order valence-corrected chi connectivity index (χ2v) is 9.44. The molecule has 3 amide bonds. The van der Waals surface area contributed by atoms with E-state index in [9.17, 15) is 9.59 Å². The third-order valence-corrected chi connectivity index (χ3v) is 6.21. The smallest absolute Gasteiger partial charge is 0.319 e. The largest absolute Gasteiger partial charge is 0.477 e. The van der Waals surface area contributed by atoms with Gasteiger partial charge in [0.1, 0.15) is 5.75 Å². The Balaban J connectivity index is 1.49. The third kappa shape index (κ3) is 5.48. The van der Waals surface area contributed by atoms with Crippen molar-refractivity contribution in [1.82, 2.24) is 5.32 Å². The van der Waals surface area contributed by atoms with E-state index in [0.29, 0.717) is 12.3 Å². The Morgan fingerprint density at radius 2 is 1.51 bits per heavy atom. The molecule has 4 rings (SSSR count). The average Bonchev–Trinajstić information content (AvgIpc) is 2.85. The monoisotopic (exact) mass is 471 g/mol. The number of urea groups is 1. The first-order valence-corrected chi connectivity index (χ1v) is 12.1. The van der Waals surface area contributed by atoms with Gasteiger partial charge in [-0.2, -0.15) is 0 Å². The van der Waals surface area contributed by atoms with Gasteiger partial charge in [-0.15, -0.1) is 0 Å². The molecule has 0 bridgehead atoms. The van der Waals surface area contributed by atoms with E-state index in [4.69, 9.17) is 4.74 Å². The van der Waals surface area contributed by atoms with E-state index in [2.05, 4.69) is 38.3 Å². The predicted octanol–water partition coefficient (Wildman–Crippen LogP) is 6.05. The molecule has 1 aliphatic rings. The quantitative estimate of drug-likeness (QED) is 0.441. The van der Waals surface area contributed by atoms with E-state index in [0.717, 1.165) is 28.1 Å². The Labute approximate surface area is 207 Å². The number of ether oxygens (including phenoxy) is 1. The Morgan fingerprint density at radius 1 is 0.886 bits per heavy atom. The van der Waals surface area contributed by atoms with Gasteiger partial charge in [-0.3, -0.25) is 4.79 Å². The highest BCUT2D eigenvalue weighted by Crippen LogP contribution is 2.35. The van der Waals surface area contributed by atoms with Crippen molar-refractivity contribution in [2.75, 3.05) is 16.8 Å². The van der Waals surface area contributed by atoms with Gasteiger partial charge in [0.25, 0.3) is 5.91 Å². The van der Waals surface area contributed by atoms with Gasteiger partial charge in [-0.05, 0) is 40.7 Å². The molecule has 3 aromatic rings. The van der Waals surface area contributed by atoms with Gasteiger partial charge >= 0.3 is 6.03 Å². The molecular formula is C29H33N3O3. The highest BCUT2D eigenvalue weighted by atomic mass is 16.5. The van der Waals surface area contributed by atoms with Gasteiger partial charge in [-0.1, -0.05) is 88.4 Å². The summed E-state index contributed by atoms with van der Waals surface area (Å²) in [5.41, 5.74) is 4.75. The van der Waals surface area contributed by atoms with Crippen LogP contribution in [0.1, 0.15) is 56.2 Å². The average molecular weight is 472 g/mol. The molecule has 6 heteroatoms. The lowest BCUT2D eigenvalue weighted by atomic mass is 9.93. The highest BCUT2D eigenvalue weighted by Gasteiger charge is 2.34. The molecule has 1 atom stereocenters. The van der Waals surface area contributed by atoms with Crippen molar-refractivity contribution in [1.29, 1.82) is 0 Å².